The second kappa shape index (κ2) is 9.22. The van der Waals surface area contributed by atoms with Crippen LogP contribution in [0.15, 0.2) is 77.7 Å². The van der Waals surface area contributed by atoms with Crippen molar-refractivity contribution in [1.29, 1.82) is 0 Å². The molecule has 8 heteroatoms. The lowest BCUT2D eigenvalue weighted by atomic mass is 10.1. The van der Waals surface area contributed by atoms with E-state index in [0.717, 1.165) is 11.3 Å². The summed E-state index contributed by atoms with van der Waals surface area (Å²) in [4.78, 5) is 17.0. The number of sulfonamides is 1. The minimum Gasteiger partial charge on any atom is -0.368 e. The van der Waals surface area contributed by atoms with E-state index in [9.17, 15) is 13.2 Å². The highest BCUT2D eigenvalue weighted by Crippen LogP contribution is 2.22. The Bertz CT molecular complexity index is 1200. The van der Waals surface area contributed by atoms with Crippen LogP contribution < -0.4 is 9.62 Å². The Kier molecular flexibility index (Phi) is 6.39. The Morgan fingerprint density at radius 2 is 1.56 bits per heavy atom. The van der Waals surface area contributed by atoms with Gasteiger partial charge >= 0.3 is 0 Å². The molecule has 32 heavy (non-hydrogen) atoms. The molecule has 0 saturated carbocycles. The number of piperazine rings is 1. The third kappa shape index (κ3) is 5.06. The van der Waals surface area contributed by atoms with Gasteiger partial charge in [0.25, 0.3) is 15.9 Å². The first kappa shape index (κ1) is 22.2. The molecule has 166 valence electrons. The highest BCUT2D eigenvalue weighted by molar-refractivity contribution is 7.92. The van der Waals surface area contributed by atoms with Gasteiger partial charge in [-0.3, -0.25) is 9.52 Å². The summed E-state index contributed by atoms with van der Waals surface area (Å²) in [5.74, 6) is -0.105. The van der Waals surface area contributed by atoms with Crippen LogP contribution in [0.4, 0.5) is 11.4 Å². The van der Waals surface area contributed by atoms with Gasteiger partial charge in [0.15, 0.2) is 0 Å². The molecule has 0 spiro atoms. The number of benzene rings is 3. The summed E-state index contributed by atoms with van der Waals surface area (Å²) in [5.41, 5.74) is 3.05. The maximum absolute atomic E-state index is 12.9. The standard InChI is InChI=1S/C24H24ClN3O3S/c1-18-5-9-21(10-6-18)26-32(30,31)23-11-7-19(8-12-23)24(29)28-15-13-27(14-16-28)22-4-2-3-20(25)17-22/h2-12,17,26H,13-16H2,1H3. The van der Waals surface area contributed by atoms with Gasteiger partial charge < -0.3 is 9.80 Å². The lowest BCUT2D eigenvalue weighted by Gasteiger charge is -2.36. The van der Waals surface area contributed by atoms with Crippen molar-refractivity contribution >= 4 is 38.9 Å². The number of rotatable bonds is 5. The zero-order valence-corrected chi connectivity index (χ0v) is 19.2. The predicted octanol–water partition coefficient (Wildman–Crippen LogP) is 4.41. The number of hydrogen-bond donors (Lipinski definition) is 1. The van der Waals surface area contributed by atoms with Crippen LogP contribution >= 0.6 is 11.6 Å². The van der Waals surface area contributed by atoms with Crippen molar-refractivity contribution in [3.8, 4) is 0 Å². The molecule has 0 radical (unpaired) electrons. The molecule has 0 aromatic heterocycles. The highest BCUT2D eigenvalue weighted by Gasteiger charge is 2.23. The van der Waals surface area contributed by atoms with Crippen LogP contribution in [0.25, 0.3) is 0 Å². The summed E-state index contributed by atoms with van der Waals surface area (Å²) in [5, 5.41) is 0.688. The van der Waals surface area contributed by atoms with E-state index in [0.29, 0.717) is 42.5 Å². The number of nitrogens with zero attached hydrogens (tertiary/aromatic N) is 2. The van der Waals surface area contributed by atoms with Crippen molar-refractivity contribution in [3.05, 3.63) is 88.9 Å². The van der Waals surface area contributed by atoms with E-state index in [1.807, 2.05) is 43.3 Å². The number of anilines is 2. The first-order valence-corrected chi connectivity index (χ1v) is 12.2. The zero-order valence-electron chi connectivity index (χ0n) is 17.7. The number of carbonyl (C=O) groups excluding carboxylic acids is 1. The van der Waals surface area contributed by atoms with E-state index < -0.39 is 10.0 Å². The van der Waals surface area contributed by atoms with E-state index in [1.54, 1.807) is 29.2 Å². The van der Waals surface area contributed by atoms with Crippen LogP contribution in [0.3, 0.4) is 0 Å². The summed E-state index contributed by atoms with van der Waals surface area (Å²) in [6, 6.07) is 20.8. The highest BCUT2D eigenvalue weighted by atomic mass is 35.5. The van der Waals surface area contributed by atoms with Crippen molar-refractivity contribution in [1.82, 2.24) is 4.90 Å². The Morgan fingerprint density at radius 3 is 2.19 bits per heavy atom. The van der Waals surface area contributed by atoms with Gasteiger partial charge in [-0.2, -0.15) is 0 Å². The molecule has 0 bridgehead atoms. The van der Waals surface area contributed by atoms with E-state index in [4.69, 9.17) is 11.6 Å². The molecular formula is C24H24ClN3O3S. The molecule has 1 N–H and O–H groups in total. The van der Waals surface area contributed by atoms with Gasteiger partial charge in [0, 0.05) is 48.1 Å². The fourth-order valence-electron chi connectivity index (χ4n) is 3.64. The average molecular weight is 470 g/mol. The monoisotopic (exact) mass is 469 g/mol. The van der Waals surface area contributed by atoms with Gasteiger partial charge in [-0.15, -0.1) is 0 Å². The number of halogens is 1. The second-order valence-corrected chi connectivity index (χ2v) is 9.87. The zero-order chi connectivity index (χ0) is 22.7. The van der Waals surface area contributed by atoms with Gasteiger partial charge in [0.1, 0.15) is 0 Å². The fourth-order valence-corrected chi connectivity index (χ4v) is 4.88. The fraction of sp³-hybridized carbons (Fsp3) is 0.208. The lowest BCUT2D eigenvalue weighted by Crippen LogP contribution is -2.48. The van der Waals surface area contributed by atoms with E-state index in [-0.39, 0.29) is 10.8 Å². The third-order valence-corrected chi connectivity index (χ3v) is 7.09. The largest absolute Gasteiger partial charge is 0.368 e. The molecule has 6 nitrogen and oxygen atoms in total. The summed E-state index contributed by atoms with van der Waals surface area (Å²) in [7, 11) is -3.73. The summed E-state index contributed by atoms with van der Waals surface area (Å²) < 4.78 is 27.8. The molecule has 1 aliphatic heterocycles. The number of nitrogens with one attached hydrogen (secondary N) is 1. The Balaban J connectivity index is 1.39. The van der Waals surface area contributed by atoms with E-state index >= 15 is 0 Å². The second-order valence-electron chi connectivity index (χ2n) is 7.76. The third-order valence-electron chi connectivity index (χ3n) is 5.46. The van der Waals surface area contributed by atoms with Gasteiger partial charge in [0.2, 0.25) is 0 Å². The SMILES string of the molecule is Cc1ccc(NS(=O)(=O)c2ccc(C(=O)N3CCN(c4cccc(Cl)c4)CC3)cc2)cc1. The number of amides is 1. The predicted molar refractivity (Wildman–Crippen MR) is 128 cm³/mol. The van der Waals surface area contributed by atoms with Crippen molar-refractivity contribution in [3.63, 3.8) is 0 Å². The minimum atomic E-state index is -3.73. The summed E-state index contributed by atoms with van der Waals surface area (Å²) in [6.07, 6.45) is 0. The average Bonchev–Trinajstić information content (AvgIpc) is 2.80. The number of aryl methyl sites for hydroxylation is 1. The van der Waals surface area contributed by atoms with Crippen LogP contribution in [-0.2, 0) is 10.0 Å². The molecule has 1 saturated heterocycles. The topological polar surface area (TPSA) is 69.7 Å². The Morgan fingerprint density at radius 1 is 0.906 bits per heavy atom. The maximum Gasteiger partial charge on any atom is 0.261 e. The first-order chi connectivity index (χ1) is 15.3. The molecule has 3 aromatic carbocycles. The smallest absolute Gasteiger partial charge is 0.261 e. The van der Waals surface area contributed by atoms with Crippen molar-refractivity contribution in [2.45, 2.75) is 11.8 Å². The summed E-state index contributed by atoms with van der Waals surface area (Å²) in [6.45, 7) is 4.52. The van der Waals surface area contributed by atoms with Gasteiger partial charge in [-0.25, -0.2) is 8.42 Å². The van der Waals surface area contributed by atoms with Crippen LogP contribution in [0.1, 0.15) is 15.9 Å². The van der Waals surface area contributed by atoms with Crippen LogP contribution in [-0.4, -0.2) is 45.4 Å². The molecule has 1 heterocycles. The van der Waals surface area contributed by atoms with E-state index in [2.05, 4.69) is 9.62 Å². The van der Waals surface area contributed by atoms with Crippen LogP contribution in [0.2, 0.25) is 5.02 Å². The quantitative estimate of drug-likeness (QED) is 0.600. The molecule has 0 atom stereocenters. The van der Waals surface area contributed by atoms with Gasteiger partial charge in [0.05, 0.1) is 4.90 Å². The van der Waals surface area contributed by atoms with Crippen molar-refractivity contribution in [2.75, 3.05) is 35.8 Å². The Labute approximate surface area is 193 Å². The van der Waals surface area contributed by atoms with Crippen molar-refractivity contribution in [2.24, 2.45) is 0 Å². The van der Waals surface area contributed by atoms with Crippen LogP contribution in [0, 0.1) is 6.92 Å². The normalized spacial score (nSPS) is 14.3. The molecule has 0 unspecified atom stereocenters. The number of carbonyl (C=O) groups is 1. The molecule has 3 aromatic rings. The minimum absolute atomic E-state index is 0.105. The maximum atomic E-state index is 12.9. The molecule has 1 aliphatic rings. The molecular weight excluding hydrogens is 446 g/mol. The van der Waals surface area contributed by atoms with Crippen molar-refractivity contribution < 1.29 is 13.2 Å². The Hall–Kier alpha value is -3.03. The first-order valence-electron chi connectivity index (χ1n) is 10.3. The molecule has 1 fully saturated rings. The van der Waals surface area contributed by atoms with E-state index in [1.165, 1.54) is 12.1 Å². The number of hydrogen-bond acceptors (Lipinski definition) is 4. The van der Waals surface area contributed by atoms with Crippen LogP contribution in [0.5, 0.6) is 0 Å². The summed E-state index contributed by atoms with van der Waals surface area (Å²) >= 11 is 6.08. The van der Waals surface area contributed by atoms with Gasteiger partial charge in [-0.05, 0) is 61.5 Å². The molecule has 4 rings (SSSR count). The molecule has 1 amide bonds. The lowest BCUT2D eigenvalue weighted by molar-refractivity contribution is 0.0746. The molecule has 0 aliphatic carbocycles. The van der Waals surface area contributed by atoms with Gasteiger partial charge in [-0.1, -0.05) is 35.4 Å².